The fourth-order valence-electron chi connectivity index (χ4n) is 5.16. The first-order chi connectivity index (χ1) is 18.7. The molecule has 5 nitrogen and oxygen atoms in total. The van der Waals surface area contributed by atoms with E-state index in [-0.39, 0.29) is 24.4 Å². The van der Waals surface area contributed by atoms with Crippen LogP contribution in [0.3, 0.4) is 0 Å². The smallest absolute Gasteiger partial charge is 0.251 e. The van der Waals surface area contributed by atoms with Gasteiger partial charge in [-0.2, -0.15) is 0 Å². The molecule has 2 aliphatic rings. The maximum atomic E-state index is 13.1. The lowest BCUT2D eigenvalue weighted by molar-refractivity contribution is -0.114. The average Bonchev–Trinajstić information content (AvgIpc) is 3.43. The molecular formula is C33H33NO4. The fourth-order valence-corrected chi connectivity index (χ4v) is 5.16. The lowest BCUT2D eigenvalue weighted by atomic mass is 9.88. The van der Waals surface area contributed by atoms with E-state index < -0.39 is 0 Å². The van der Waals surface area contributed by atoms with Crippen molar-refractivity contribution >= 4 is 17.8 Å². The zero-order valence-electron chi connectivity index (χ0n) is 21.5. The van der Waals surface area contributed by atoms with Gasteiger partial charge in [0.15, 0.2) is 17.3 Å². The van der Waals surface area contributed by atoms with E-state index in [1.54, 1.807) is 12.2 Å². The van der Waals surface area contributed by atoms with Crippen LogP contribution in [0.5, 0.6) is 11.5 Å². The van der Waals surface area contributed by atoms with Gasteiger partial charge in [-0.25, -0.2) is 0 Å². The average molecular weight is 508 g/mol. The second-order valence-corrected chi connectivity index (χ2v) is 9.80. The standard InChI is InChI=1S/C33H33NO4/c35-28(14-6-4-9-24-17-20-31-32(21-24)38-23-37-31)19-18-27(25-10-2-1-3-11-25)22-34-33(36)30-16-8-13-26-12-5-7-15-29(26)30/h1-4,6,8-11,13-14,16-17,20-21,27H,5,7,12,15,18-19,22-23H2,(H,34,36). The van der Waals surface area contributed by atoms with Gasteiger partial charge in [-0.3, -0.25) is 9.59 Å². The molecule has 0 saturated heterocycles. The number of carbonyl (C=O) groups excluding carboxylic acids is 2. The second-order valence-electron chi connectivity index (χ2n) is 9.80. The number of ketones is 1. The van der Waals surface area contributed by atoms with Gasteiger partial charge in [0.2, 0.25) is 6.79 Å². The van der Waals surface area contributed by atoms with E-state index >= 15 is 0 Å². The van der Waals surface area contributed by atoms with Crippen LogP contribution in [0.1, 0.15) is 64.2 Å². The highest BCUT2D eigenvalue weighted by atomic mass is 16.7. The lowest BCUT2D eigenvalue weighted by Crippen LogP contribution is -2.30. The number of allylic oxidation sites excluding steroid dienone is 3. The third-order valence-electron chi connectivity index (χ3n) is 7.24. The number of ether oxygens (including phenoxy) is 2. The first kappa shape index (κ1) is 25.5. The minimum absolute atomic E-state index is 0.0236. The van der Waals surface area contributed by atoms with E-state index in [2.05, 4.69) is 23.5 Å². The van der Waals surface area contributed by atoms with Crippen molar-refractivity contribution in [2.45, 2.75) is 44.4 Å². The molecule has 3 aromatic carbocycles. The van der Waals surface area contributed by atoms with Crippen LogP contribution in [-0.4, -0.2) is 25.0 Å². The number of carbonyl (C=O) groups is 2. The Morgan fingerprint density at radius 2 is 1.74 bits per heavy atom. The van der Waals surface area contributed by atoms with Crippen molar-refractivity contribution in [2.75, 3.05) is 13.3 Å². The van der Waals surface area contributed by atoms with Crippen LogP contribution in [0.4, 0.5) is 0 Å². The maximum absolute atomic E-state index is 13.1. The van der Waals surface area contributed by atoms with Crippen molar-refractivity contribution in [3.05, 3.63) is 113 Å². The Labute approximate surface area is 224 Å². The molecule has 0 bridgehead atoms. The molecular weight excluding hydrogens is 474 g/mol. The van der Waals surface area contributed by atoms with Crippen LogP contribution < -0.4 is 14.8 Å². The zero-order valence-corrected chi connectivity index (χ0v) is 21.5. The van der Waals surface area contributed by atoms with Gasteiger partial charge in [0.25, 0.3) is 5.91 Å². The molecule has 0 aromatic heterocycles. The van der Waals surface area contributed by atoms with Crippen LogP contribution >= 0.6 is 0 Å². The van der Waals surface area contributed by atoms with Crippen LogP contribution in [0.25, 0.3) is 6.08 Å². The van der Waals surface area contributed by atoms with E-state index in [9.17, 15) is 9.59 Å². The molecule has 5 heteroatoms. The number of aryl methyl sites for hydroxylation is 1. The molecule has 1 amide bonds. The van der Waals surface area contributed by atoms with Crippen molar-refractivity contribution in [3.63, 3.8) is 0 Å². The third-order valence-corrected chi connectivity index (χ3v) is 7.24. The second kappa shape index (κ2) is 12.4. The molecule has 0 fully saturated rings. The molecule has 1 aliphatic carbocycles. The normalized spacial score (nSPS) is 14.9. The number of benzene rings is 3. The summed E-state index contributed by atoms with van der Waals surface area (Å²) in [6.07, 6.45) is 12.6. The Balaban J connectivity index is 1.17. The third kappa shape index (κ3) is 6.41. The zero-order chi connectivity index (χ0) is 26.2. The minimum Gasteiger partial charge on any atom is -0.454 e. The van der Waals surface area contributed by atoms with Crippen molar-refractivity contribution in [1.29, 1.82) is 0 Å². The summed E-state index contributed by atoms with van der Waals surface area (Å²) in [6.45, 7) is 0.742. The lowest BCUT2D eigenvalue weighted by Gasteiger charge is -2.21. The quantitative estimate of drug-likeness (QED) is 0.254. The predicted octanol–water partition coefficient (Wildman–Crippen LogP) is 6.43. The van der Waals surface area contributed by atoms with E-state index in [1.165, 1.54) is 17.5 Å². The summed E-state index contributed by atoms with van der Waals surface area (Å²) in [7, 11) is 0. The molecule has 0 radical (unpaired) electrons. The molecule has 1 N–H and O–H groups in total. The number of rotatable bonds is 10. The highest BCUT2D eigenvalue weighted by Gasteiger charge is 2.19. The van der Waals surface area contributed by atoms with Crippen molar-refractivity contribution in [3.8, 4) is 11.5 Å². The Morgan fingerprint density at radius 1 is 0.895 bits per heavy atom. The summed E-state index contributed by atoms with van der Waals surface area (Å²) >= 11 is 0. The SMILES string of the molecule is O=C(C=CC=Cc1ccc2c(c1)OCO2)CCC(CNC(=O)c1cccc2c1CCCC2)c1ccccc1. The van der Waals surface area contributed by atoms with Gasteiger partial charge in [-0.05, 0) is 78.6 Å². The van der Waals surface area contributed by atoms with Gasteiger partial charge in [-0.1, -0.05) is 66.8 Å². The van der Waals surface area contributed by atoms with Gasteiger partial charge >= 0.3 is 0 Å². The molecule has 38 heavy (non-hydrogen) atoms. The van der Waals surface area contributed by atoms with Crippen LogP contribution in [0.15, 0.2) is 85.0 Å². The molecule has 1 unspecified atom stereocenters. The number of hydrogen-bond acceptors (Lipinski definition) is 4. The van der Waals surface area contributed by atoms with Crippen molar-refractivity contribution in [2.24, 2.45) is 0 Å². The molecule has 3 aromatic rings. The molecule has 1 atom stereocenters. The largest absolute Gasteiger partial charge is 0.454 e. The number of amides is 1. The molecule has 1 aliphatic heterocycles. The maximum Gasteiger partial charge on any atom is 0.251 e. The summed E-state index contributed by atoms with van der Waals surface area (Å²) in [6, 6.07) is 21.9. The Morgan fingerprint density at radius 3 is 2.63 bits per heavy atom. The summed E-state index contributed by atoms with van der Waals surface area (Å²) in [4.78, 5) is 25.8. The van der Waals surface area contributed by atoms with Gasteiger partial charge in [0.05, 0.1) is 0 Å². The van der Waals surface area contributed by atoms with Gasteiger partial charge < -0.3 is 14.8 Å². The fraction of sp³-hybridized carbons (Fsp3) is 0.273. The summed E-state index contributed by atoms with van der Waals surface area (Å²) < 4.78 is 10.7. The topological polar surface area (TPSA) is 64.6 Å². The monoisotopic (exact) mass is 507 g/mol. The summed E-state index contributed by atoms with van der Waals surface area (Å²) in [5, 5.41) is 3.16. The van der Waals surface area contributed by atoms with Gasteiger partial charge in [0.1, 0.15) is 0 Å². The number of hydrogen-bond donors (Lipinski definition) is 1. The Kier molecular flexibility index (Phi) is 8.34. The van der Waals surface area contributed by atoms with Gasteiger partial charge in [-0.15, -0.1) is 0 Å². The summed E-state index contributed by atoms with van der Waals surface area (Å²) in [5.41, 5.74) is 5.39. The first-order valence-corrected chi connectivity index (χ1v) is 13.4. The molecule has 194 valence electrons. The predicted molar refractivity (Wildman–Crippen MR) is 150 cm³/mol. The molecule has 5 rings (SSSR count). The molecule has 1 heterocycles. The van der Waals surface area contributed by atoms with Crippen LogP contribution in [0.2, 0.25) is 0 Å². The van der Waals surface area contributed by atoms with Crippen LogP contribution in [-0.2, 0) is 17.6 Å². The minimum atomic E-state index is -0.0236. The van der Waals surface area contributed by atoms with Crippen molar-refractivity contribution < 1.29 is 19.1 Å². The number of nitrogens with one attached hydrogen (secondary N) is 1. The van der Waals surface area contributed by atoms with E-state index in [0.29, 0.717) is 19.4 Å². The molecule has 0 saturated carbocycles. The van der Waals surface area contributed by atoms with Crippen LogP contribution in [0, 0.1) is 0 Å². The number of fused-ring (bicyclic) bond motifs is 2. The van der Waals surface area contributed by atoms with E-state index in [0.717, 1.165) is 47.5 Å². The Hall–Kier alpha value is -4.12. The van der Waals surface area contributed by atoms with E-state index in [4.69, 9.17) is 9.47 Å². The summed E-state index contributed by atoms with van der Waals surface area (Å²) in [5.74, 6) is 1.58. The van der Waals surface area contributed by atoms with Crippen molar-refractivity contribution in [1.82, 2.24) is 5.32 Å². The highest BCUT2D eigenvalue weighted by molar-refractivity contribution is 5.96. The highest BCUT2D eigenvalue weighted by Crippen LogP contribution is 2.32. The van der Waals surface area contributed by atoms with E-state index in [1.807, 2.05) is 60.7 Å². The Bertz CT molecular complexity index is 1340. The first-order valence-electron chi connectivity index (χ1n) is 13.4. The molecule has 0 spiro atoms. The van der Waals surface area contributed by atoms with Gasteiger partial charge in [0, 0.05) is 24.4 Å².